The van der Waals surface area contributed by atoms with Gasteiger partial charge in [0.15, 0.2) is 0 Å². The molecule has 3 heterocycles. The highest BCUT2D eigenvalue weighted by atomic mass is 32.1. The van der Waals surface area contributed by atoms with Crippen molar-refractivity contribution in [3.8, 4) is 0 Å². The summed E-state index contributed by atoms with van der Waals surface area (Å²) in [5.41, 5.74) is 3.00. The Labute approximate surface area is 139 Å². The van der Waals surface area contributed by atoms with E-state index in [0.29, 0.717) is 0 Å². The first kappa shape index (κ1) is 14.7. The maximum atomic E-state index is 13.7. The summed E-state index contributed by atoms with van der Waals surface area (Å²) in [4.78, 5) is 16.6. The van der Waals surface area contributed by atoms with E-state index >= 15 is 0 Å². The molecule has 0 atom stereocenters. The molecule has 0 unspecified atom stereocenters. The third kappa shape index (κ3) is 2.34. The van der Waals surface area contributed by atoms with Gasteiger partial charge in [0.2, 0.25) is 0 Å². The van der Waals surface area contributed by atoms with E-state index in [1.807, 2.05) is 27.8 Å². The summed E-state index contributed by atoms with van der Waals surface area (Å²) in [7, 11) is 2.06. The highest BCUT2D eigenvalue weighted by Gasteiger charge is 2.44. The summed E-state index contributed by atoms with van der Waals surface area (Å²) < 4.78 is 13.7. The minimum atomic E-state index is -0.171. The van der Waals surface area contributed by atoms with Gasteiger partial charge < -0.3 is 9.80 Å². The number of fused-ring (bicyclic) bond motifs is 2. The van der Waals surface area contributed by atoms with Crippen molar-refractivity contribution in [3.05, 3.63) is 52.0 Å². The SMILES string of the molecule is CN1CC2(CCN(C(=O)c3ccsc3)CC2)c2cc(F)ccc21. The lowest BCUT2D eigenvalue weighted by molar-refractivity contribution is 0.0675. The molecule has 2 aliphatic heterocycles. The lowest BCUT2D eigenvalue weighted by atomic mass is 9.74. The highest BCUT2D eigenvalue weighted by Crippen LogP contribution is 2.46. The number of nitrogens with zero attached hydrogens (tertiary/aromatic N) is 2. The van der Waals surface area contributed by atoms with Crippen LogP contribution < -0.4 is 4.90 Å². The fourth-order valence-corrected chi connectivity index (χ4v) is 4.65. The quantitative estimate of drug-likeness (QED) is 0.799. The third-order valence-electron chi connectivity index (χ3n) is 5.26. The van der Waals surface area contributed by atoms with Crippen LogP contribution in [0.3, 0.4) is 0 Å². The van der Waals surface area contributed by atoms with E-state index in [9.17, 15) is 9.18 Å². The van der Waals surface area contributed by atoms with E-state index < -0.39 is 0 Å². The van der Waals surface area contributed by atoms with Gasteiger partial charge in [-0.25, -0.2) is 4.39 Å². The second kappa shape index (κ2) is 5.34. The van der Waals surface area contributed by atoms with Crippen LogP contribution >= 0.6 is 11.3 Å². The molecular formula is C18H19FN2OS. The maximum Gasteiger partial charge on any atom is 0.254 e. The Morgan fingerprint density at radius 3 is 2.74 bits per heavy atom. The average Bonchev–Trinajstić information content (AvgIpc) is 3.16. The topological polar surface area (TPSA) is 23.6 Å². The first-order valence-corrected chi connectivity index (χ1v) is 8.86. The molecule has 5 heteroatoms. The van der Waals surface area contributed by atoms with Crippen molar-refractivity contribution in [2.24, 2.45) is 0 Å². The van der Waals surface area contributed by atoms with Crippen LogP contribution in [0.4, 0.5) is 10.1 Å². The Morgan fingerprint density at radius 2 is 2.04 bits per heavy atom. The van der Waals surface area contributed by atoms with E-state index in [0.717, 1.165) is 49.3 Å². The summed E-state index contributed by atoms with van der Waals surface area (Å²) in [6, 6.07) is 6.98. The van der Waals surface area contributed by atoms with Crippen molar-refractivity contribution in [2.75, 3.05) is 31.6 Å². The van der Waals surface area contributed by atoms with Crippen molar-refractivity contribution in [1.82, 2.24) is 4.90 Å². The molecule has 4 rings (SSSR count). The Balaban J connectivity index is 1.56. The zero-order chi connectivity index (χ0) is 16.0. The molecule has 2 aliphatic rings. The second-order valence-corrected chi connectivity index (χ2v) is 7.38. The predicted octanol–water partition coefficient (Wildman–Crippen LogP) is 3.51. The Morgan fingerprint density at radius 1 is 1.26 bits per heavy atom. The normalized spacial score (nSPS) is 19.2. The molecule has 0 saturated carbocycles. The van der Waals surface area contributed by atoms with E-state index in [1.165, 1.54) is 6.07 Å². The van der Waals surface area contributed by atoms with Crippen LogP contribution in [0.15, 0.2) is 35.0 Å². The predicted molar refractivity (Wildman–Crippen MR) is 90.8 cm³/mol. The maximum absolute atomic E-state index is 13.7. The van der Waals surface area contributed by atoms with Crippen LogP contribution in [0.5, 0.6) is 0 Å². The largest absolute Gasteiger partial charge is 0.373 e. The summed E-state index contributed by atoms with van der Waals surface area (Å²) >= 11 is 1.55. The van der Waals surface area contributed by atoms with Crippen molar-refractivity contribution in [2.45, 2.75) is 18.3 Å². The molecule has 23 heavy (non-hydrogen) atoms. The number of amides is 1. The molecule has 2 aromatic rings. The summed E-state index contributed by atoms with van der Waals surface area (Å²) in [6.45, 7) is 2.38. The summed E-state index contributed by atoms with van der Waals surface area (Å²) in [5.74, 6) is -0.0536. The van der Waals surface area contributed by atoms with Crippen molar-refractivity contribution >= 4 is 22.9 Å². The Kier molecular flexibility index (Phi) is 3.41. The molecular weight excluding hydrogens is 311 g/mol. The lowest BCUT2D eigenvalue weighted by Crippen LogP contribution is -2.46. The van der Waals surface area contributed by atoms with Gasteiger partial charge in [-0.2, -0.15) is 11.3 Å². The minimum absolute atomic E-state index is 0.0163. The van der Waals surface area contributed by atoms with E-state index in [4.69, 9.17) is 0 Å². The number of hydrogen-bond donors (Lipinski definition) is 0. The lowest BCUT2D eigenvalue weighted by Gasteiger charge is -2.39. The van der Waals surface area contributed by atoms with Gasteiger partial charge in [-0.05, 0) is 48.1 Å². The monoisotopic (exact) mass is 330 g/mol. The fourth-order valence-electron chi connectivity index (χ4n) is 4.02. The van der Waals surface area contributed by atoms with Crippen LogP contribution in [-0.2, 0) is 5.41 Å². The van der Waals surface area contributed by atoms with E-state index in [2.05, 4.69) is 11.9 Å². The minimum Gasteiger partial charge on any atom is -0.373 e. The molecule has 3 nitrogen and oxygen atoms in total. The number of carbonyl (C=O) groups excluding carboxylic acids is 1. The molecule has 1 fully saturated rings. The first-order valence-electron chi connectivity index (χ1n) is 7.92. The molecule has 0 N–H and O–H groups in total. The van der Waals surface area contributed by atoms with Crippen LogP contribution in [0.2, 0.25) is 0 Å². The number of anilines is 1. The number of hydrogen-bond acceptors (Lipinski definition) is 3. The van der Waals surface area contributed by atoms with Gasteiger partial charge in [0.05, 0.1) is 5.56 Å². The number of thiophene rings is 1. The van der Waals surface area contributed by atoms with Gasteiger partial charge in [-0.15, -0.1) is 0 Å². The number of carbonyl (C=O) groups is 1. The number of rotatable bonds is 1. The molecule has 1 amide bonds. The van der Waals surface area contributed by atoms with Crippen molar-refractivity contribution < 1.29 is 9.18 Å². The van der Waals surface area contributed by atoms with Crippen LogP contribution in [0.25, 0.3) is 0 Å². The molecule has 1 spiro atoms. The average molecular weight is 330 g/mol. The zero-order valence-electron chi connectivity index (χ0n) is 13.1. The van der Waals surface area contributed by atoms with Crippen molar-refractivity contribution in [3.63, 3.8) is 0 Å². The first-order chi connectivity index (χ1) is 11.1. The van der Waals surface area contributed by atoms with E-state index in [-0.39, 0.29) is 17.1 Å². The summed E-state index contributed by atoms with van der Waals surface area (Å²) in [6.07, 6.45) is 1.79. The molecule has 0 aliphatic carbocycles. The van der Waals surface area contributed by atoms with Gasteiger partial charge in [0, 0.05) is 43.2 Å². The standard InChI is InChI=1S/C18H19FN2OS/c1-20-12-18(15-10-14(19)2-3-16(15)20)5-7-21(8-6-18)17(22)13-4-9-23-11-13/h2-4,9-11H,5-8,12H2,1H3. The number of halogens is 1. The third-order valence-corrected chi connectivity index (χ3v) is 5.94. The molecule has 1 aromatic heterocycles. The number of likely N-dealkylation sites (N-methyl/N-ethyl adjacent to an activating group) is 1. The van der Waals surface area contributed by atoms with Gasteiger partial charge in [-0.3, -0.25) is 4.79 Å². The van der Waals surface area contributed by atoms with E-state index in [1.54, 1.807) is 17.4 Å². The highest BCUT2D eigenvalue weighted by molar-refractivity contribution is 7.08. The number of piperidine rings is 1. The molecule has 120 valence electrons. The Bertz CT molecular complexity index is 735. The van der Waals surface area contributed by atoms with Gasteiger partial charge in [-0.1, -0.05) is 0 Å². The number of benzene rings is 1. The van der Waals surface area contributed by atoms with Crippen molar-refractivity contribution in [1.29, 1.82) is 0 Å². The number of likely N-dealkylation sites (tertiary alicyclic amines) is 1. The van der Waals surface area contributed by atoms with Crippen LogP contribution in [0.1, 0.15) is 28.8 Å². The zero-order valence-corrected chi connectivity index (χ0v) is 13.9. The van der Waals surface area contributed by atoms with Crippen LogP contribution in [0, 0.1) is 5.82 Å². The smallest absolute Gasteiger partial charge is 0.254 e. The van der Waals surface area contributed by atoms with Gasteiger partial charge >= 0.3 is 0 Å². The Hall–Kier alpha value is -1.88. The second-order valence-electron chi connectivity index (χ2n) is 6.60. The fraction of sp³-hybridized carbons (Fsp3) is 0.389. The van der Waals surface area contributed by atoms with Crippen LogP contribution in [-0.4, -0.2) is 37.5 Å². The molecule has 1 aromatic carbocycles. The van der Waals surface area contributed by atoms with Gasteiger partial charge in [0.1, 0.15) is 5.82 Å². The van der Waals surface area contributed by atoms with Gasteiger partial charge in [0.25, 0.3) is 5.91 Å². The molecule has 1 saturated heterocycles. The molecule has 0 radical (unpaired) electrons. The summed E-state index contributed by atoms with van der Waals surface area (Å²) in [5, 5.41) is 3.84. The molecule has 0 bridgehead atoms.